The molecule has 0 heterocycles. The third kappa shape index (κ3) is 2.00. The van der Waals surface area contributed by atoms with Gasteiger partial charge in [-0.15, -0.1) is 0 Å². The molecule has 1 aromatic rings. The minimum atomic E-state index is 0.181. The van der Waals surface area contributed by atoms with Crippen molar-refractivity contribution in [3.63, 3.8) is 0 Å². The van der Waals surface area contributed by atoms with Crippen LogP contribution in [0.15, 0.2) is 24.3 Å². The van der Waals surface area contributed by atoms with Crippen LogP contribution in [0.4, 0.5) is 0 Å². The molecule has 16 heavy (non-hydrogen) atoms. The second kappa shape index (κ2) is 3.86. The van der Waals surface area contributed by atoms with Gasteiger partial charge in [-0.3, -0.25) is 0 Å². The highest BCUT2D eigenvalue weighted by Gasteiger charge is 2.46. The van der Waals surface area contributed by atoms with Crippen molar-refractivity contribution < 1.29 is 4.84 Å². The van der Waals surface area contributed by atoms with Gasteiger partial charge in [0, 0.05) is 5.41 Å². The first-order chi connectivity index (χ1) is 7.49. The van der Waals surface area contributed by atoms with Gasteiger partial charge in [0.05, 0.1) is 6.61 Å². The van der Waals surface area contributed by atoms with E-state index in [0.717, 1.165) is 0 Å². The Kier molecular flexibility index (Phi) is 2.81. The van der Waals surface area contributed by atoms with Gasteiger partial charge < -0.3 is 4.84 Å². The molecule has 0 aliphatic heterocycles. The van der Waals surface area contributed by atoms with Crippen molar-refractivity contribution in [1.29, 1.82) is 0 Å². The number of nitrogens with two attached hydrogens (primary N) is 1. The fourth-order valence-electron chi connectivity index (χ4n) is 2.40. The van der Waals surface area contributed by atoms with Gasteiger partial charge in [0.15, 0.2) is 0 Å². The van der Waals surface area contributed by atoms with Crippen molar-refractivity contribution >= 4 is 0 Å². The Morgan fingerprint density at radius 3 is 2.38 bits per heavy atom. The predicted octanol–water partition coefficient (Wildman–Crippen LogP) is 2.91. The van der Waals surface area contributed by atoms with Crippen LogP contribution in [0.25, 0.3) is 0 Å². The van der Waals surface area contributed by atoms with E-state index >= 15 is 0 Å². The van der Waals surface area contributed by atoms with Crippen molar-refractivity contribution in [1.82, 2.24) is 0 Å². The fraction of sp³-hybridized carbons (Fsp3) is 0.571. The van der Waals surface area contributed by atoms with Gasteiger partial charge in [0.25, 0.3) is 0 Å². The van der Waals surface area contributed by atoms with E-state index < -0.39 is 0 Å². The Bertz CT molecular complexity index is 375. The Balaban J connectivity index is 2.41. The molecule has 2 rings (SSSR count). The predicted molar refractivity (Wildman–Crippen MR) is 66.2 cm³/mol. The fourth-order valence-corrected chi connectivity index (χ4v) is 2.40. The first-order valence-electron chi connectivity index (χ1n) is 5.91. The lowest BCUT2D eigenvalue weighted by molar-refractivity contribution is 0.115. The number of hydrogen-bond donors (Lipinski definition) is 1. The average Bonchev–Trinajstić information content (AvgIpc) is 2.98. The summed E-state index contributed by atoms with van der Waals surface area (Å²) in [6.45, 7) is 7.40. The zero-order valence-corrected chi connectivity index (χ0v) is 10.4. The summed E-state index contributed by atoms with van der Waals surface area (Å²) in [6.07, 6.45) is 2.38. The molecule has 0 amide bonds. The van der Waals surface area contributed by atoms with Crippen LogP contribution in [-0.2, 0) is 15.7 Å². The molecule has 1 aromatic carbocycles. The second-order valence-corrected chi connectivity index (χ2v) is 5.89. The van der Waals surface area contributed by atoms with Crippen LogP contribution in [0.1, 0.15) is 44.7 Å². The third-order valence-electron chi connectivity index (χ3n) is 3.52. The summed E-state index contributed by atoms with van der Waals surface area (Å²) in [4.78, 5) is 4.89. The molecular formula is C14H21NO. The Labute approximate surface area is 97.8 Å². The van der Waals surface area contributed by atoms with Crippen molar-refractivity contribution in [2.24, 2.45) is 5.90 Å². The van der Waals surface area contributed by atoms with Crippen LogP contribution in [0.3, 0.4) is 0 Å². The average molecular weight is 219 g/mol. The summed E-state index contributed by atoms with van der Waals surface area (Å²) in [7, 11) is 0. The Hall–Kier alpha value is -0.860. The summed E-state index contributed by atoms with van der Waals surface area (Å²) in [5.41, 5.74) is 3.22. The number of benzene rings is 1. The molecular weight excluding hydrogens is 198 g/mol. The number of rotatable bonds is 3. The lowest BCUT2D eigenvalue weighted by atomic mass is 9.79. The first kappa shape index (κ1) is 11.6. The topological polar surface area (TPSA) is 35.2 Å². The SMILES string of the molecule is CC(C)(C)c1ccccc1C1(CON)CC1. The van der Waals surface area contributed by atoms with Crippen molar-refractivity contribution in [3.8, 4) is 0 Å². The first-order valence-corrected chi connectivity index (χ1v) is 5.91. The van der Waals surface area contributed by atoms with Gasteiger partial charge in [-0.05, 0) is 29.4 Å². The van der Waals surface area contributed by atoms with E-state index in [-0.39, 0.29) is 10.8 Å². The lowest BCUT2D eigenvalue weighted by Crippen LogP contribution is -2.24. The molecule has 1 aliphatic carbocycles. The second-order valence-electron chi connectivity index (χ2n) is 5.89. The maximum atomic E-state index is 5.25. The van der Waals surface area contributed by atoms with Crippen LogP contribution in [-0.4, -0.2) is 6.61 Å². The Morgan fingerprint density at radius 2 is 1.88 bits per heavy atom. The molecule has 0 bridgehead atoms. The molecule has 1 aliphatic rings. The third-order valence-corrected chi connectivity index (χ3v) is 3.52. The highest BCUT2D eigenvalue weighted by Crippen LogP contribution is 2.50. The molecule has 0 atom stereocenters. The van der Waals surface area contributed by atoms with E-state index in [1.165, 1.54) is 24.0 Å². The molecule has 2 N–H and O–H groups in total. The van der Waals surface area contributed by atoms with E-state index in [2.05, 4.69) is 45.0 Å². The zero-order chi connectivity index (χ0) is 11.8. The van der Waals surface area contributed by atoms with Gasteiger partial charge in [0.1, 0.15) is 0 Å². The van der Waals surface area contributed by atoms with E-state index in [4.69, 9.17) is 10.7 Å². The number of hydrogen-bond acceptors (Lipinski definition) is 2. The molecule has 0 spiro atoms. The molecule has 0 unspecified atom stereocenters. The highest BCUT2D eigenvalue weighted by atomic mass is 16.6. The minimum absolute atomic E-state index is 0.181. The lowest BCUT2D eigenvalue weighted by Gasteiger charge is -2.27. The largest absolute Gasteiger partial charge is 0.304 e. The summed E-state index contributed by atoms with van der Waals surface area (Å²) in [5.74, 6) is 5.25. The minimum Gasteiger partial charge on any atom is -0.304 e. The molecule has 0 aromatic heterocycles. The molecule has 1 saturated carbocycles. The van der Waals surface area contributed by atoms with Gasteiger partial charge >= 0.3 is 0 Å². The standard InChI is InChI=1S/C14H21NO/c1-13(2,3)11-6-4-5-7-12(11)14(8-9-14)10-16-15/h4-7H,8-10,15H2,1-3H3. The van der Waals surface area contributed by atoms with Crippen LogP contribution in [0.2, 0.25) is 0 Å². The van der Waals surface area contributed by atoms with Crippen LogP contribution < -0.4 is 5.90 Å². The summed E-state index contributed by atoms with van der Waals surface area (Å²) >= 11 is 0. The molecule has 0 saturated heterocycles. The van der Waals surface area contributed by atoms with Crippen LogP contribution >= 0.6 is 0 Å². The van der Waals surface area contributed by atoms with E-state index in [9.17, 15) is 0 Å². The van der Waals surface area contributed by atoms with E-state index in [1.54, 1.807) is 0 Å². The van der Waals surface area contributed by atoms with Crippen molar-refractivity contribution in [2.75, 3.05) is 6.61 Å². The molecule has 1 fully saturated rings. The molecule has 88 valence electrons. The Morgan fingerprint density at radius 1 is 1.25 bits per heavy atom. The van der Waals surface area contributed by atoms with Crippen LogP contribution in [0.5, 0.6) is 0 Å². The maximum Gasteiger partial charge on any atom is 0.0776 e. The van der Waals surface area contributed by atoms with Gasteiger partial charge in [-0.2, -0.15) is 0 Å². The molecule has 0 radical (unpaired) electrons. The van der Waals surface area contributed by atoms with Gasteiger partial charge in [0.2, 0.25) is 0 Å². The highest BCUT2D eigenvalue weighted by molar-refractivity contribution is 5.42. The normalized spacial score (nSPS) is 18.5. The van der Waals surface area contributed by atoms with E-state index in [0.29, 0.717) is 6.61 Å². The zero-order valence-electron chi connectivity index (χ0n) is 10.4. The summed E-state index contributed by atoms with van der Waals surface area (Å²) in [6, 6.07) is 8.68. The summed E-state index contributed by atoms with van der Waals surface area (Å²) in [5, 5.41) is 0. The summed E-state index contributed by atoms with van der Waals surface area (Å²) < 4.78 is 0. The van der Waals surface area contributed by atoms with E-state index in [1.807, 2.05) is 0 Å². The molecule has 2 heteroatoms. The monoisotopic (exact) mass is 219 g/mol. The van der Waals surface area contributed by atoms with Gasteiger partial charge in [-0.25, -0.2) is 5.90 Å². The smallest absolute Gasteiger partial charge is 0.0776 e. The van der Waals surface area contributed by atoms with Crippen molar-refractivity contribution in [3.05, 3.63) is 35.4 Å². The molecule has 2 nitrogen and oxygen atoms in total. The maximum absolute atomic E-state index is 5.25. The van der Waals surface area contributed by atoms with Gasteiger partial charge in [-0.1, -0.05) is 45.0 Å². The quantitative estimate of drug-likeness (QED) is 0.793. The van der Waals surface area contributed by atoms with Crippen molar-refractivity contribution in [2.45, 2.75) is 44.4 Å². The van der Waals surface area contributed by atoms with Crippen LogP contribution in [0, 0.1) is 0 Å².